The van der Waals surface area contributed by atoms with E-state index in [-0.39, 0.29) is 5.41 Å². The zero-order valence-corrected chi connectivity index (χ0v) is 32.1. The summed E-state index contributed by atoms with van der Waals surface area (Å²) in [5.74, 6) is 1.89. The molecule has 0 N–H and O–H groups in total. The zero-order chi connectivity index (χ0) is 36.7. The first-order chi connectivity index (χ1) is 24.9. The van der Waals surface area contributed by atoms with E-state index in [0.717, 1.165) is 39.0 Å². The number of fused-ring (bicyclic) bond motifs is 2. The van der Waals surface area contributed by atoms with Crippen LogP contribution in [-0.4, -0.2) is 11.2 Å². The van der Waals surface area contributed by atoms with Gasteiger partial charge in [-0.15, -0.1) is 0 Å². The van der Waals surface area contributed by atoms with Crippen molar-refractivity contribution in [1.82, 2.24) is 4.98 Å². The normalized spacial score (nSPS) is 12.4. The third kappa shape index (κ3) is 6.85. The van der Waals surface area contributed by atoms with E-state index in [1.165, 1.54) is 44.2 Å². The van der Waals surface area contributed by atoms with E-state index in [4.69, 9.17) is 14.4 Å². The molecule has 0 amide bonds. The maximum Gasteiger partial charge on any atom is 0.229 e. The van der Waals surface area contributed by atoms with Crippen LogP contribution >= 0.6 is 0 Å². The summed E-state index contributed by atoms with van der Waals surface area (Å²) < 4.78 is 6.64. The lowest BCUT2D eigenvalue weighted by atomic mass is 9.81. The topological polar surface area (TPSA) is 38.4 Å². The molecule has 0 saturated heterocycles. The van der Waals surface area contributed by atoms with E-state index in [1.54, 1.807) is 0 Å². The molecule has 0 fully saturated rings. The predicted octanol–water partition coefficient (Wildman–Crippen LogP) is 14.4. The molecule has 0 spiro atoms. The van der Waals surface area contributed by atoms with Crippen LogP contribution in [0.5, 0.6) is 0 Å². The molecule has 0 bridgehead atoms. The van der Waals surface area contributed by atoms with E-state index < -0.39 is 0 Å². The van der Waals surface area contributed by atoms with Crippen LogP contribution in [0.25, 0.3) is 55.6 Å². The lowest BCUT2D eigenvalue weighted by Crippen LogP contribution is -2.11. The zero-order valence-electron chi connectivity index (χ0n) is 32.1. The quantitative estimate of drug-likeness (QED) is 0.150. The van der Waals surface area contributed by atoms with E-state index in [2.05, 4.69) is 153 Å². The van der Waals surface area contributed by atoms with Crippen molar-refractivity contribution in [2.24, 2.45) is 4.99 Å². The maximum absolute atomic E-state index is 6.64. The minimum atomic E-state index is -0.0764. The summed E-state index contributed by atoms with van der Waals surface area (Å²) >= 11 is 0. The molecule has 7 aromatic rings. The second kappa shape index (κ2) is 14.0. The largest absolute Gasteiger partial charge is 0.436 e. The molecule has 0 unspecified atom stereocenters. The molecule has 7 rings (SSSR count). The van der Waals surface area contributed by atoms with E-state index in [0.29, 0.717) is 23.6 Å². The van der Waals surface area contributed by atoms with E-state index in [9.17, 15) is 0 Å². The first-order valence-corrected chi connectivity index (χ1v) is 18.7. The Hall–Kier alpha value is -5.28. The van der Waals surface area contributed by atoms with Crippen LogP contribution < -0.4 is 0 Å². The highest BCUT2D eigenvalue weighted by molar-refractivity contribution is 6.01. The Morgan fingerprint density at radius 2 is 1.27 bits per heavy atom. The molecular weight excluding hydrogens is 633 g/mol. The monoisotopic (exact) mass is 682 g/mol. The minimum Gasteiger partial charge on any atom is -0.436 e. The number of nitrogens with zero attached hydrogens (tertiary/aromatic N) is 2. The molecule has 1 aromatic heterocycles. The van der Waals surface area contributed by atoms with Crippen LogP contribution in [0.4, 0.5) is 5.69 Å². The van der Waals surface area contributed by atoms with Gasteiger partial charge in [-0.3, -0.25) is 4.99 Å². The van der Waals surface area contributed by atoms with Gasteiger partial charge < -0.3 is 4.42 Å². The number of hydrogen-bond donors (Lipinski definition) is 0. The minimum absolute atomic E-state index is 0.0764. The molecule has 0 atom stereocenters. The molecule has 6 aromatic carbocycles. The Kier molecular flexibility index (Phi) is 9.48. The van der Waals surface area contributed by atoms with Gasteiger partial charge in [-0.25, -0.2) is 4.98 Å². The standard InChI is InChI=1S/C49H50N2O/c1-30(2)37-25-41(31(3)4)46(42(26-37)32(5)6)35-23-21-34(22-24-35)43-27-38(49(7,8)9)28-45-47(43)51-48(52-45)40-19-12-13-20-44(40)50-29-36-17-14-16-33-15-10-11-18-39(33)36/h10-32H,1-9H3. The van der Waals surface area contributed by atoms with Gasteiger partial charge in [0.05, 0.1) is 11.3 Å². The Balaban J connectivity index is 1.33. The summed E-state index contributed by atoms with van der Waals surface area (Å²) in [6.45, 7) is 20.6. The molecular formula is C49H50N2O. The number of para-hydroxylation sites is 1. The molecule has 0 aliphatic carbocycles. The highest BCUT2D eigenvalue weighted by Gasteiger charge is 2.23. The Labute approximate surface area is 309 Å². The van der Waals surface area contributed by atoms with Crippen LogP contribution in [-0.2, 0) is 5.41 Å². The van der Waals surface area contributed by atoms with Gasteiger partial charge in [0.15, 0.2) is 5.58 Å². The maximum atomic E-state index is 6.64. The molecule has 52 heavy (non-hydrogen) atoms. The van der Waals surface area contributed by atoms with Crippen LogP contribution in [0.2, 0.25) is 0 Å². The fourth-order valence-corrected chi connectivity index (χ4v) is 7.17. The first kappa shape index (κ1) is 35.1. The van der Waals surface area contributed by atoms with E-state index >= 15 is 0 Å². The fraction of sp³-hybridized carbons (Fsp3) is 0.265. The molecule has 262 valence electrons. The Morgan fingerprint density at radius 3 is 1.94 bits per heavy atom. The van der Waals surface area contributed by atoms with Crippen molar-refractivity contribution >= 4 is 33.8 Å². The molecule has 0 aliphatic rings. The number of benzene rings is 6. The third-order valence-corrected chi connectivity index (χ3v) is 10.3. The van der Waals surface area contributed by atoms with Gasteiger partial charge >= 0.3 is 0 Å². The van der Waals surface area contributed by atoms with Crippen LogP contribution in [0, 0.1) is 0 Å². The summed E-state index contributed by atoms with van der Waals surface area (Å²) in [6.07, 6.45) is 1.94. The third-order valence-electron chi connectivity index (χ3n) is 10.3. The Bertz CT molecular complexity index is 2380. The molecule has 3 heteroatoms. The van der Waals surface area contributed by atoms with Gasteiger partial charge in [0, 0.05) is 17.3 Å². The van der Waals surface area contributed by atoms with Crippen LogP contribution in [0.15, 0.2) is 125 Å². The van der Waals surface area contributed by atoms with Gasteiger partial charge in [-0.2, -0.15) is 0 Å². The van der Waals surface area contributed by atoms with Gasteiger partial charge in [0.2, 0.25) is 5.89 Å². The second-order valence-corrected chi connectivity index (χ2v) is 16.1. The van der Waals surface area contributed by atoms with Crippen molar-refractivity contribution < 1.29 is 4.42 Å². The summed E-state index contributed by atoms with van der Waals surface area (Å²) in [5, 5.41) is 2.37. The SMILES string of the molecule is CC(C)c1cc(C(C)C)c(-c2ccc(-c3cc(C(C)(C)C)cc4oc(-c5ccccc5N=Cc5cccc6ccccc56)nc34)cc2)c(C(C)C)c1. The van der Waals surface area contributed by atoms with Crippen molar-refractivity contribution in [3.05, 3.63) is 143 Å². The lowest BCUT2D eigenvalue weighted by molar-refractivity contribution is 0.584. The molecule has 0 aliphatic heterocycles. The van der Waals surface area contributed by atoms with Crippen molar-refractivity contribution in [3.63, 3.8) is 0 Å². The number of aliphatic imine (C=N–C) groups is 1. The van der Waals surface area contributed by atoms with E-state index in [1.807, 2.05) is 30.5 Å². The first-order valence-electron chi connectivity index (χ1n) is 18.7. The van der Waals surface area contributed by atoms with Gasteiger partial charge in [-0.1, -0.05) is 153 Å². The van der Waals surface area contributed by atoms with Crippen LogP contribution in [0.3, 0.4) is 0 Å². The smallest absolute Gasteiger partial charge is 0.229 e. The van der Waals surface area contributed by atoms with Crippen LogP contribution in [0.1, 0.15) is 108 Å². The number of aromatic nitrogens is 1. The van der Waals surface area contributed by atoms with Gasteiger partial charge in [0.1, 0.15) is 5.52 Å². The van der Waals surface area contributed by atoms with Crippen molar-refractivity contribution in [2.45, 2.75) is 85.5 Å². The van der Waals surface area contributed by atoms with Gasteiger partial charge in [0.25, 0.3) is 0 Å². The Morgan fingerprint density at radius 1 is 0.635 bits per heavy atom. The average molecular weight is 683 g/mol. The van der Waals surface area contributed by atoms with Gasteiger partial charge in [-0.05, 0) is 97.2 Å². The number of oxazole rings is 1. The van der Waals surface area contributed by atoms with Crippen molar-refractivity contribution in [3.8, 4) is 33.7 Å². The number of hydrogen-bond acceptors (Lipinski definition) is 3. The number of rotatable bonds is 8. The predicted molar refractivity (Wildman–Crippen MR) is 222 cm³/mol. The summed E-state index contributed by atoms with van der Waals surface area (Å²) in [5.41, 5.74) is 14.6. The summed E-state index contributed by atoms with van der Waals surface area (Å²) in [4.78, 5) is 10.2. The average Bonchev–Trinajstić information content (AvgIpc) is 3.57. The van der Waals surface area contributed by atoms with Crippen molar-refractivity contribution in [2.75, 3.05) is 0 Å². The fourth-order valence-electron chi connectivity index (χ4n) is 7.17. The van der Waals surface area contributed by atoms with Crippen molar-refractivity contribution in [1.29, 1.82) is 0 Å². The lowest BCUT2D eigenvalue weighted by Gasteiger charge is -2.23. The summed E-state index contributed by atoms with van der Waals surface area (Å²) in [7, 11) is 0. The molecule has 0 radical (unpaired) electrons. The summed E-state index contributed by atoms with van der Waals surface area (Å²) in [6, 6.07) is 41.3. The molecule has 0 saturated carbocycles. The second-order valence-electron chi connectivity index (χ2n) is 16.1. The highest BCUT2D eigenvalue weighted by Crippen LogP contribution is 2.42. The molecule has 3 nitrogen and oxygen atoms in total. The highest BCUT2D eigenvalue weighted by atomic mass is 16.3. The molecule has 1 heterocycles.